The monoisotopic (exact) mass is 219 g/mol. The number of rotatable bonds is 2. The van der Waals surface area contributed by atoms with Crippen molar-refractivity contribution < 1.29 is 64.3 Å². The average molecular weight is 219 g/mol. The predicted molar refractivity (Wildman–Crippen MR) is 44.1 cm³/mol. The molecule has 0 N–H and O–H groups in total. The van der Waals surface area contributed by atoms with E-state index in [0.29, 0.717) is 12.8 Å². The van der Waals surface area contributed by atoms with Crippen LogP contribution in [0.15, 0.2) is 0 Å². The smallest absolute Gasteiger partial charge is 0.449 e. The third-order valence-electron chi connectivity index (χ3n) is 2.44. The molecule has 1 aliphatic rings. The van der Waals surface area contributed by atoms with Crippen LogP contribution in [0.2, 0.25) is 6.32 Å². The van der Waals surface area contributed by atoms with Crippen LogP contribution in [0, 0.1) is 5.92 Å². The molecule has 0 aromatic carbocycles. The Morgan fingerprint density at radius 3 is 2.08 bits per heavy atom. The van der Waals surface area contributed by atoms with Crippen molar-refractivity contribution in [1.82, 2.24) is 4.90 Å². The maximum atomic E-state index is 12.0. The van der Waals surface area contributed by atoms with Crippen molar-refractivity contribution in [1.29, 1.82) is 0 Å². The number of likely N-dealkylation sites (tertiary alicyclic amines) is 1. The first-order valence-electron chi connectivity index (χ1n) is 4.37. The van der Waals surface area contributed by atoms with Gasteiger partial charge in [0.2, 0.25) is 0 Å². The van der Waals surface area contributed by atoms with Crippen molar-refractivity contribution in [2.45, 2.75) is 19.2 Å². The molecule has 1 nitrogen and oxygen atoms in total. The zero-order valence-corrected chi connectivity index (χ0v) is 11.4. The van der Waals surface area contributed by atoms with Crippen LogP contribution in [0.5, 0.6) is 0 Å². The van der Waals surface area contributed by atoms with E-state index in [1.54, 1.807) is 0 Å². The molecule has 0 aromatic heterocycles. The topological polar surface area (TPSA) is 3.24 Å². The molecule has 6 heteroatoms. The minimum Gasteiger partial charge on any atom is -0.449 e. The van der Waals surface area contributed by atoms with Crippen LogP contribution in [0.1, 0.15) is 12.8 Å². The molecule has 1 fully saturated rings. The van der Waals surface area contributed by atoms with Crippen LogP contribution in [0.25, 0.3) is 0 Å². The predicted octanol–water partition coefficient (Wildman–Crippen LogP) is -0.820. The van der Waals surface area contributed by atoms with Crippen LogP contribution in [0.4, 0.5) is 12.9 Å². The Hall–Kier alpha value is 1.45. The molecule has 1 heterocycles. The SMILES string of the molecule is CN1CCC(C[B-](F)(F)F)CC1.[K+]. The molecule has 0 spiro atoms. The summed E-state index contributed by atoms with van der Waals surface area (Å²) in [7, 11) is 1.95. The largest absolute Gasteiger partial charge is 1.00 e. The van der Waals surface area contributed by atoms with E-state index in [0.717, 1.165) is 13.1 Å². The van der Waals surface area contributed by atoms with Gasteiger partial charge in [0.1, 0.15) is 0 Å². The van der Waals surface area contributed by atoms with E-state index in [2.05, 4.69) is 4.90 Å². The third-order valence-corrected chi connectivity index (χ3v) is 2.44. The van der Waals surface area contributed by atoms with Gasteiger partial charge < -0.3 is 17.8 Å². The molecule has 0 bridgehead atoms. The van der Waals surface area contributed by atoms with E-state index >= 15 is 0 Å². The third kappa shape index (κ3) is 6.52. The fourth-order valence-electron chi connectivity index (χ4n) is 1.68. The van der Waals surface area contributed by atoms with Crippen molar-refractivity contribution in [3.63, 3.8) is 0 Å². The first kappa shape index (κ1) is 14.5. The number of halogens is 3. The molecule has 0 radical (unpaired) electrons. The molecule has 13 heavy (non-hydrogen) atoms. The average Bonchev–Trinajstić information content (AvgIpc) is 1.91. The van der Waals surface area contributed by atoms with Crippen molar-refractivity contribution in [3.05, 3.63) is 0 Å². The maximum Gasteiger partial charge on any atom is 1.00 e. The van der Waals surface area contributed by atoms with Crippen LogP contribution in [-0.2, 0) is 0 Å². The van der Waals surface area contributed by atoms with Gasteiger partial charge in [-0.1, -0.05) is 12.2 Å². The van der Waals surface area contributed by atoms with Crippen LogP contribution >= 0.6 is 0 Å². The van der Waals surface area contributed by atoms with Gasteiger partial charge in [0.05, 0.1) is 0 Å². The summed E-state index contributed by atoms with van der Waals surface area (Å²) in [6.45, 7) is -2.93. The molecule has 0 saturated carbocycles. The van der Waals surface area contributed by atoms with Crippen molar-refractivity contribution in [3.8, 4) is 0 Å². The van der Waals surface area contributed by atoms with Gasteiger partial charge in [0, 0.05) is 0 Å². The van der Waals surface area contributed by atoms with Gasteiger partial charge in [0.25, 0.3) is 0 Å². The molecule has 1 rings (SSSR count). The molecule has 72 valence electrons. The van der Waals surface area contributed by atoms with E-state index in [9.17, 15) is 12.9 Å². The Balaban J connectivity index is 0.00000144. The Morgan fingerprint density at radius 2 is 1.69 bits per heavy atom. The fourth-order valence-corrected chi connectivity index (χ4v) is 1.68. The molecular weight excluding hydrogens is 205 g/mol. The van der Waals surface area contributed by atoms with Crippen molar-refractivity contribution >= 4 is 6.98 Å². The molecular formula is C7H14BF3KN. The first-order valence-corrected chi connectivity index (χ1v) is 4.37. The number of piperidine rings is 1. The second-order valence-electron chi connectivity index (χ2n) is 3.69. The second kappa shape index (κ2) is 6.13. The van der Waals surface area contributed by atoms with Crippen molar-refractivity contribution in [2.24, 2.45) is 5.92 Å². The van der Waals surface area contributed by atoms with Gasteiger partial charge in [0.15, 0.2) is 0 Å². The van der Waals surface area contributed by atoms with Gasteiger partial charge in [-0.3, -0.25) is 0 Å². The quantitative estimate of drug-likeness (QED) is 0.548. The Bertz CT molecular complexity index is 145. The molecule has 0 aliphatic carbocycles. The van der Waals surface area contributed by atoms with Crippen LogP contribution in [-0.4, -0.2) is 32.0 Å². The summed E-state index contributed by atoms with van der Waals surface area (Å²) >= 11 is 0. The summed E-state index contributed by atoms with van der Waals surface area (Å²) in [6.07, 6.45) is 0.878. The van der Waals surface area contributed by atoms with Gasteiger partial charge in [-0.25, -0.2) is 0 Å². The molecule has 0 atom stereocenters. The standard InChI is InChI=1S/C7H14BF3N.K/c1-12-4-2-7(3-5-12)6-8(9,10)11;/h7H,2-6H2,1H3;/q-1;+1. The summed E-state index contributed by atoms with van der Waals surface area (Å²) in [5.41, 5.74) is 0. The Kier molecular flexibility index (Phi) is 6.81. The molecule has 0 amide bonds. The number of hydrogen-bond donors (Lipinski definition) is 0. The van der Waals surface area contributed by atoms with Crippen LogP contribution < -0.4 is 51.4 Å². The van der Waals surface area contributed by atoms with E-state index in [-0.39, 0.29) is 57.3 Å². The molecule has 1 aliphatic heterocycles. The van der Waals surface area contributed by atoms with Gasteiger partial charge in [-0.15, -0.1) is 0 Å². The van der Waals surface area contributed by atoms with Crippen LogP contribution in [0.3, 0.4) is 0 Å². The summed E-state index contributed by atoms with van der Waals surface area (Å²) < 4.78 is 36.0. The van der Waals surface area contributed by atoms with Gasteiger partial charge >= 0.3 is 58.4 Å². The van der Waals surface area contributed by atoms with Gasteiger partial charge in [-0.2, -0.15) is 0 Å². The molecule has 0 aromatic rings. The minimum absolute atomic E-state index is 0. The Labute approximate surface area is 120 Å². The number of hydrogen-bond acceptors (Lipinski definition) is 1. The summed E-state index contributed by atoms with van der Waals surface area (Å²) in [5.74, 6) is -0.110. The second-order valence-corrected chi connectivity index (χ2v) is 3.69. The minimum atomic E-state index is -4.56. The zero-order chi connectivity index (χ0) is 9.19. The van der Waals surface area contributed by atoms with Gasteiger partial charge in [-0.05, 0) is 33.0 Å². The molecule has 1 saturated heterocycles. The van der Waals surface area contributed by atoms with E-state index in [4.69, 9.17) is 0 Å². The number of nitrogens with zero attached hydrogens (tertiary/aromatic N) is 1. The van der Waals surface area contributed by atoms with E-state index in [1.165, 1.54) is 0 Å². The first-order chi connectivity index (χ1) is 5.47. The van der Waals surface area contributed by atoms with E-state index in [1.807, 2.05) is 7.05 Å². The summed E-state index contributed by atoms with van der Waals surface area (Å²) in [6, 6.07) is 0. The zero-order valence-electron chi connectivity index (χ0n) is 8.27. The molecule has 0 unspecified atom stereocenters. The fraction of sp³-hybridized carbons (Fsp3) is 1.00. The summed E-state index contributed by atoms with van der Waals surface area (Å²) in [5, 5.41) is 0. The van der Waals surface area contributed by atoms with Crippen molar-refractivity contribution in [2.75, 3.05) is 20.1 Å². The van der Waals surface area contributed by atoms with E-state index < -0.39 is 13.3 Å². The Morgan fingerprint density at radius 1 is 1.23 bits per heavy atom. The maximum absolute atomic E-state index is 12.0. The normalized spacial score (nSPS) is 21.2. The summed E-state index contributed by atoms with van der Waals surface area (Å²) in [4.78, 5) is 2.08.